The maximum Gasteiger partial charge on any atom is 0.232 e. The third-order valence-corrected chi connectivity index (χ3v) is 3.66. The third-order valence-electron chi connectivity index (χ3n) is 3.38. The molecule has 0 aromatic heterocycles. The lowest BCUT2D eigenvalue weighted by Gasteiger charge is -2.33. The lowest BCUT2D eigenvalue weighted by atomic mass is 9.96. The van der Waals surface area contributed by atoms with Crippen molar-refractivity contribution in [3.8, 4) is 0 Å². The Morgan fingerprint density at radius 2 is 2.12 bits per heavy atom. The van der Waals surface area contributed by atoms with Crippen LogP contribution >= 0.6 is 12.2 Å². The van der Waals surface area contributed by atoms with Gasteiger partial charge in [-0.1, -0.05) is 19.1 Å². The summed E-state index contributed by atoms with van der Waals surface area (Å²) in [4.78, 5) is 14.4. The summed E-state index contributed by atoms with van der Waals surface area (Å²) in [5, 5.41) is 0. The maximum atomic E-state index is 12.2. The normalized spacial score (nSPS) is 19.1. The molecule has 1 atom stereocenters. The smallest absolute Gasteiger partial charge is 0.232 e. The molecule has 0 aromatic carbocycles. The molecule has 0 radical (unpaired) electrons. The van der Waals surface area contributed by atoms with E-state index < -0.39 is 0 Å². The van der Waals surface area contributed by atoms with Gasteiger partial charge in [0, 0.05) is 26.8 Å². The minimum absolute atomic E-state index is 0.0934. The number of piperidine rings is 1. The zero-order chi connectivity index (χ0) is 12.8. The molecule has 0 saturated carbocycles. The number of nitrogens with zero attached hydrogens (tertiary/aromatic N) is 1. The zero-order valence-electron chi connectivity index (χ0n) is 10.6. The first-order valence-electron chi connectivity index (χ1n) is 6.17. The van der Waals surface area contributed by atoms with Crippen molar-refractivity contribution < 1.29 is 9.53 Å². The molecule has 98 valence electrons. The molecule has 1 amide bonds. The van der Waals surface area contributed by atoms with Gasteiger partial charge in [0.05, 0.1) is 10.9 Å². The monoisotopic (exact) mass is 258 g/mol. The summed E-state index contributed by atoms with van der Waals surface area (Å²) in [6, 6.07) is 0. The van der Waals surface area contributed by atoms with Gasteiger partial charge in [-0.05, 0) is 25.2 Å². The Bertz CT molecular complexity index is 276. The van der Waals surface area contributed by atoms with Crippen LogP contribution in [0.3, 0.4) is 0 Å². The average molecular weight is 258 g/mol. The molecule has 4 nitrogen and oxygen atoms in total. The Kier molecular flexibility index (Phi) is 5.85. The van der Waals surface area contributed by atoms with Crippen LogP contribution in [0.2, 0.25) is 0 Å². The predicted octanol–water partition coefficient (Wildman–Crippen LogP) is 1.18. The average Bonchev–Trinajstić information content (AvgIpc) is 2.30. The Balaban J connectivity index is 2.47. The summed E-state index contributed by atoms with van der Waals surface area (Å²) in [7, 11) is 1.72. The van der Waals surface area contributed by atoms with Gasteiger partial charge in [-0.25, -0.2) is 0 Å². The number of carbonyl (C=O) groups excluding carboxylic acids is 1. The topological polar surface area (TPSA) is 55.6 Å². The number of hydrogen-bond donors (Lipinski definition) is 1. The summed E-state index contributed by atoms with van der Waals surface area (Å²) in [6.45, 7) is 4.33. The van der Waals surface area contributed by atoms with Gasteiger partial charge in [-0.2, -0.15) is 0 Å². The molecule has 1 saturated heterocycles. The molecule has 1 fully saturated rings. The van der Waals surface area contributed by atoms with Gasteiger partial charge >= 0.3 is 0 Å². The number of rotatable bonds is 5. The first-order valence-corrected chi connectivity index (χ1v) is 6.58. The van der Waals surface area contributed by atoms with E-state index in [1.54, 1.807) is 7.11 Å². The first kappa shape index (κ1) is 14.4. The molecular weight excluding hydrogens is 236 g/mol. The Hall–Kier alpha value is -0.680. The summed E-state index contributed by atoms with van der Waals surface area (Å²) in [5.41, 5.74) is 5.59. The molecule has 2 N–H and O–H groups in total. The van der Waals surface area contributed by atoms with Crippen molar-refractivity contribution in [1.29, 1.82) is 0 Å². The Morgan fingerprint density at radius 1 is 1.53 bits per heavy atom. The van der Waals surface area contributed by atoms with Crippen molar-refractivity contribution >= 4 is 23.1 Å². The van der Waals surface area contributed by atoms with Crippen molar-refractivity contribution in [3.63, 3.8) is 0 Å². The Morgan fingerprint density at radius 3 is 2.53 bits per heavy atom. The molecule has 0 aromatic rings. The van der Waals surface area contributed by atoms with Gasteiger partial charge in [0.25, 0.3) is 0 Å². The zero-order valence-corrected chi connectivity index (χ0v) is 11.5. The van der Waals surface area contributed by atoms with Crippen LogP contribution in [0.5, 0.6) is 0 Å². The minimum Gasteiger partial charge on any atom is -0.393 e. The van der Waals surface area contributed by atoms with Crippen LogP contribution in [0, 0.1) is 11.8 Å². The molecule has 1 unspecified atom stereocenters. The number of thiocarbonyl (C=S) groups is 1. The summed E-state index contributed by atoms with van der Waals surface area (Å²) < 4.78 is 5.14. The SMILES string of the molecule is CCC(C(=O)N1CCC(COC)CC1)C(N)=S. The second kappa shape index (κ2) is 6.91. The summed E-state index contributed by atoms with van der Waals surface area (Å²) in [5.74, 6) is 0.383. The fraction of sp³-hybridized carbons (Fsp3) is 0.833. The number of nitrogens with two attached hydrogens (primary N) is 1. The fourth-order valence-corrected chi connectivity index (χ4v) is 2.54. The largest absolute Gasteiger partial charge is 0.393 e. The van der Waals surface area contributed by atoms with Crippen molar-refractivity contribution in [1.82, 2.24) is 4.90 Å². The lowest BCUT2D eigenvalue weighted by molar-refractivity contribution is -0.135. The number of methoxy groups -OCH3 is 1. The first-order chi connectivity index (χ1) is 8.10. The number of amides is 1. The molecule has 17 heavy (non-hydrogen) atoms. The second-order valence-electron chi connectivity index (χ2n) is 4.59. The van der Waals surface area contributed by atoms with E-state index in [1.165, 1.54) is 0 Å². The van der Waals surface area contributed by atoms with Crippen molar-refractivity contribution in [2.24, 2.45) is 17.6 Å². The molecule has 1 aliphatic rings. The van der Waals surface area contributed by atoms with Crippen LogP contribution in [0.25, 0.3) is 0 Å². The maximum absolute atomic E-state index is 12.2. The van der Waals surface area contributed by atoms with Crippen LogP contribution in [0.1, 0.15) is 26.2 Å². The van der Waals surface area contributed by atoms with Crippen molar-refractivity contribution in [3.05, 3.63) is 0 Å². The van der Waals surface area contributed by atoms with Gasteiger partial charge in [0.15, 0.2) is 0 Å². The highest BCUT2D eigenvalue weighted by molar-refractivity contribution is 7.80. The second-order valence-corrected chi connectivity index (χ2v) is 5.06. The lowest BCUT2D eigenvalue weighted by Crippen LogP contribution is -2.45. The van der Waals surface area contributed by atoms with Crippen LogP contribution in [-0.2, 0) is 9.53 Å². The van der Waals surface area contributed by atoms with Crippen molar-refractivity contribution in [2.45, 2.75) is 26.2 Å². The molecule has 0 bridgehead atoms. The van der Waals surface area contributed by atoms with E-state index >= 15 is 0 Å². The van der Waals surface area contributed by atoms with Crippen molar-refractivity contribution in [2.75, 3.05) is 26.8 Å². The highest BCUT2D eigenvalue weighted by atomic mass is 32.1. The molecule has 1 heterocycles. The van der Waals surface area contributed by atoms with E-state index in [0.29, 0.717) is 17.3 Å². The van der Waals surface area contributed by atoms with Crippen LogP contribution in [-0.4, -0.2) is 42.6 Å². The third kappa shape index (κ3) is 3.92. The highest BCUT2D eigenvalue weighted by Crippen LogP contribution is 2.20. The van der Waals surface area contributed by atoms with Gasteiger partial charge in [0.1, 0.15) is 0 Å². The van der Waals surface area contributed by atoms with Crippen LogP contribution in [0.4, 0.5) is 0 Å². The van der Waals surface area contributed by atoms with E-state index in [4.69, 9.17) is 22.7 Å². The summed E-state index contributed by atoms with van der Waals surface area (Å²) >= 11 is 4.94. The number of hydrogen-bond acceptors (Lipinski definition) is 3. The number of likely N-dealkylation sites (tertiary alicyclic amines) is 1. The summed E-state index contributed by atoms with van der Waals surface area (Å²) in [6.07, 6.45) is 2.70. The number of carbonyl (C=O) groups is 1. The van der Waals surface area contributed by atoms with E-state index in [0.717, 1.165) is 32.5 Å². The number of ether oxygens (including phenoxy) is 1. The van der Waals surface area contributed by atoms with Crippen LogP contribution in [0.15, 0.2) is 0 Å². The van der Waals surface area contributed by atoms with E-state index in [-0.39, 0.29) is 11.8 Å². The Labute approximate surface area is 108 Å². The molecule has 1 aliphatic heterocycles. The fourth-order valence-electron chi connectivity index (χ4n) is 2.27. The highest BCUT2D eigenvalue weighted by Gasteiger charge is 2.28. The quantitative estimate of drug-likeness (QED) is 0.753. The van der Waals surface area contributed by atoms with Gasteiger partial charge in [-0.15, -0.1) is 0 Å². The minimum atomic E-state index is -0.288. The molecule has 0 aliphatic carbocycles. The van der Waals surface area contributed by atoms with E-state index in [9.17, 15) is 4.79 Å². The van der Waals surface area contributed by atoms with Crippen LogP contribution < -0.4 is 5.73 Å². The van der Waals surface area contributed by atoms with E-state index in [1.807, 2.05) is 11.8 Å². The molecule has 1 rings (SSSR count). The van der Waals surface area contributed by atoms with Gasteiger partial charge < -0.3 is 15.4 Å². The predicted molar refractivity (Wildman–Crippen MR) is 71.7 cm³/mol. The molecule has 5 heteroatoms. The van der Waals surface area contributed by atoms with E-state index in [2.05, 4.69) is 0 Å². The molecular formula is C12H22N2O2S. The molecule has 0 spiro atoms. The van der Waals surface area contributed by atoms with Gasteiger partial charge in [-0.3, -0.25) is 4.79 Å². The van der Waals surface area contributed by atoms with Gasteiger partial charge in [0.2, 0.25) is 5.91 Å². The standard InChI is InChI=1S/C12H22N2O2S/c1-3-10(11(13)17)12(15)14-6-4-9(5-7-14)8-16-2/h9-10H,3-8H2,1-2H3,(H2,13,17).